The molecule has 13 heteroatoms. The number of halogens is 4. The zero-order chi connectivity index (χ0) is 25.4. The highest BCUT2D eigenvalue weighted by atomic mass is 35.5. The second-order valence-electron chi connectivity index (χ2n) is 6.97. The van der Waals surface area contributed by atoms with Gasteiger partial charge in [0, 0.05) is 25.8 Å². The minimum atomic E-state index is -4.58. The molecule has 0 aliphatic heterocycles. The number of anilines is 1. The Morgan fingerprint density at radius 3 is 2.32 bits per heavy atom. The van der Waals surface area contributed by atoms with Crippen molar-refractivity contribution in [1.29, 1.82) is 0 Å². The van der Waals surface area contributed by atoms with Gasteiger partial charge in [0.15, 0.2) is 21.8 Å². The molecule has 34 heavy (non-hydrogen) atoms. The number of nitrogens with one attached hydrogen (secondary N) is 1. The fourth-order valence-corrected chi connectivity index (χ4v) is 3.33. The van der Waals surface area contributed by atoms with Crippen LogP contribution in [-0.4, -0.2) is 27.3 Å². The molecule has 3 rings (SSSR count). The normalized spacial score (nSPS) is 11.3. The second kappa shape index (κ2) is 9.39. The van der Waals surface area contributed by atoms with Crippen LogP contribution in [0, 0.1) is 4.77 Å². The van der Waals surface area contributed by atoms with Crippen LogP contribution in [0.3, 0.4) is 0 Å². The first kappa shape index (κ1) is 25.1. The van der Waals surface area contributed by atoms with Gasteiger partial charge in [0.2, 0.25) is 5.88 Å². The Morgan fingerprint density at radius 2 is 1.74 bits per heavy atom. The molecule has 0 aliphatic rings. The minimum Gasteiger partial charge on any atom is -0.494 e. The molecular formula is C21H17ClF3N3O5S. The largest absolute Gasteiger partial charge is 0.494 e. The number of alkyl halides is 3. The number of benzene rings is 2. The van der Waals surface area contributed by atoms with Crippen molar-refractivity contribution in [2.24, 2.45) is 14.1 Å². The molecule has 0 unspecified atom stereocenters. The number of aromatic hydroxyl groups is 1. The number of rotatable bonds is 5. The summed E-state index contributed by atoms with van der Waals surface area (Å²) in [7, 11) is 4.09. The average molecular weight is 516 g/mol. The van der Waals surface area contributed by atoms with Gasteiger partial charge in [-0.25, -0.2) is 0 Å². The van der Waals surface area contributed by atoms with Crippen LogP contribution in [0.25, 0.3) is 0 Å². The summed E-state index contributed by atoms with van der Waals surface area (Å²) in [6, 6.07) is 6.74. The van der Waals surface area contributed by atoms with Crippen LogP contribution >= 0.6 is 23.8 Å². The minimum absolute atomic E-state index is 0.00704. The summed E-state index contributed by atoms with van der Waals surface area (Å²) in [5.74, 6) is -1.42. The van der Waals surface area contributed by atoms with Gasteiger partial charge in [-0.15, -0.1) is 0 Å². The van der Waals surface area contributed by atoms with Crippen LogP contribution in [0.15, 0.2) is 41.2 Å². The zero-order valence-electron chi connectivity index (χ0n) is 17.9. The van der Waals surface area contributed by atoms with Crippen molar-refractivity contribution < 1.29 is 32.5 Å². The lowest BCUT2D eigenvalue weighted by Gasteiger charge is -2.15. The van der Waals surface area contributed by atoms with Crippen LogP contribution < -0.4 is 20.3 Å². The summed E-state index contributed by atoms with van der Waals surface area (Å²) in [5, 5.41) is 12.4. The lowest BCUT2D eigenvalue weighted by molar-refractivity contribution is -0.137. The number of carbonyl (C=O) groups excluding carboxylic acids is 1. The van der Waals surface area contributed by atoms with Gasteiger partial charge in [-0.1, -0.05) is 11.6 Å². The molecule has 8 nitrogen and oxygen atoms in total. The van der Waals surface area contributed by atoms with E-state index in [9.17, 15) is 27.9 Å². The topological polar surface area (TPSA) is 94.7 Å². The summed E-state index contributed by atoms with van der Waals surface area (Å²) < 4.78 is 51.6. The molecule has 0 fully saturated rings. The van der Waals surface area contributed by atoms with Crippen LogP contribution in [0.1, 0.15) is 15.9 Å². The maximum atomic E-state index is 12.9. The van der Waals surface area contributed by atoms with Crippen LogP contribution in [0.4, 0.5) is 18.9 Å². The second-order valence-corrected chi connectivity index (χ2v) is 7.74. The Balaban J connectivity index is 1.95. The van der Waals surface area contributed by atoms with Gasteiger partial charge < -0.3 is 19.9 Å². The Morgan fingerprint density at radius 1 is 1.09 bits per heavy atom. The molecule has 180 valence electrons. The van der Waals surface area contributed by atoms with E-state index >= 15 is 0 Å². The Labute approximate surface area is 200 Å². The molecule has 0 aliphatic carbocycles. The van der Waals surface area contributed by atoms with E-state index in [0.29, 0.717) is 0 Å². The van der Waals surface area contributed by atoms with Crippen molar-refractivity contribution >= 4 is 35.4 Å². The van der Waals surface area contributed by atoms with Gasteiger partial charge in [0.1, 0.15) is 5.75 Å². The van der Waals surface area contributed by atoms with Crippen LogP contribution in [-0.2, 0) is 20.3 Å². The fourth-order valence-electron chi connectivity index (χ4n) is 2.94. The summed E-state index contributed by atoms with van der Waals surface area (Å²) in [4.78, 5) is 25.2. The van der Waals surface area contributed by atoms with E-state index in [1.165, 1.54) is 39.4 Å². The number of ether oxygens (including phenoxy) is 2. The maximum absolute atomic E-state index is 12.9. The average Bonchev–Trinajstić information content (AvgIpc) is 2.77. The first-order chi connectivity index (χ1) is 15.8. The predicted molar refractivity (Wildman–Crippen MR) is 121 cm³/mol. The molecular weight excluding hydrogens is 499 g/mol. The van der Waals surface area contributed by atoms with Crippen molar-refractivity contribution in [3.05, 3.63) is 67.7 Å². The third-order valence-electron chi connectivity index (χ3n) is 4.76. The molecule has 0 bridgehead atoms. The van der Waals surface area contributed by atoms with Crippen molar-refractivity contribution in [3.63, 3.8) is 0 Å². The number of aromatic nitrogens is 2. The van der Waals surface area contributed by atoms with Crippen molar-refractivity contribution in [2.75, 3.05) is 12.4 Å². The molecule has 0 spiro atoms. The first-order valence-corrected chi connectivity index (χ1v) is 10.2. The third-order valence-corrected chi connectivity index (χ3v) is 5.60. The molecule has 3 aromatic rings. The number of carbonyl (C=O) groups is 1. The van der Waals surface area contributed by atoms with Gasteiger partial charge in [-0.2, -0.15) is 13.2 Å². The Hall–Kier alpha value is -3.51. The summed E-state index contributed by atoms with van der Waals surface area (Å²) >= 11 is 11.0. The van der Waals surface area contributed by atoms with Crippen LogP contribution in [0.2, 0.25) is 5.02 Å². The number of hydrogen-bond donors (Lipinski definition) is 2. The Bertz CT molecular complexity index is 1400. The highest BCUT2D eigenvalue weighted by molar-refractivity contribution is 7.71. The summed E-state index contributed by atoms with van der Waals surface area (Å²) in [6.07, 6.45) is -4.58. The van der Waals surface area contributed by atoms with Gasteiger partial charge in [-0.3, -0.25) is 18.7 Å². The number of methoxy groups -OCH3 is 1. The summed E-state index contributed by atoms with van der Waals surface area (Å²) in [6.45, 7) is 0. The maximum Gasteiger partial charge on any atom is 0.416 e. The highest BCUT2D eigenvalue weighted by Gasteiger charge is 2.31. The monoisotopic (exact) mass is 515 g/mol. The van der Waals surface area contributed by atoms with E-state index < -0.39 is 34.6 Å². The molecule has 2 aromatic carbocycles. The predicted octanol–water partition coefficient (Wildman–Crippen LogP) is 4.88. The molecule has 2 N–H and O–H groups in total. The van der Waals surface area contributed by atoms with Crippen LogP contribution in [0.5, 0.6) is 23.1 Å². The highest BCUT2D eigenvalue weighted by Crippen LogP contribution is 2.39. The van der Waals surface area contributed by atoms with Gasteiger partial charge >= 0.3 is 6.18 Å². The zero-order valence-corrected chi connectivity index (χ0v) is 19.4. The third kappa shape index (κ3) is 4.87. The molecule has 1 amide bonds. The number of nitrogens with zero attached hydrogens (tertiary/aromatic N) is 2. The Kier molecular flexibility index (Phi) is 6.94. The van der Waals surface area contributed by atoms with E-state index in [-0.39, 0.29) is 32.7 Å². The molecule has 0 saturated heterocycles. The summed E-state index contributed by atoms with van der Waals surface area (Å²) in [5.41, 5.74) is -2.16. The fraction of sp³-hybridized carbons (Fsp3) is 0.190. The smallest absolute Gasteiger partial charge is 0.416 e. The number of hydrogen-bond acceptors (Lipinski definition) is 6. The van der Waals surface area contributed by atoms with Gasteiger partial charge in [0.25, 0.3) is 11.5 Å². The molecule has 1 heterocycles. The first-order valence-electron chi connectivity index (χ1n) is 9.38. The van der Waals surface area contributed by atoms with E-state index in [4.69, 9.17) is 33.3 Å². The molecule has 0 radical (unpaired) electrons. The van der Waals surface area contributed by atoms with E-state index in [1.807, 2.05) is 0 Å². The molecule has 0 saturated carbocycles. The standard InChI is InChI=1S/C21H17ClF3N3O5S/c1-27-18(30)16(19(31)28(2)20(27)34)17(29)26-11-5-7-14(32-3)15(9-11)33-13-6-4-10(8-12(13)22)21(23,24)25/h4-9,30H,1-3H3,(H,26,29). The van der Waals surface area contributed by atoms with E-state index in [2.05, 4.69) is 5.32 Å². The van der Waals surface area contributed by atoms with Gasteiger partial charge in [0.05, 0.1) is 17.7 Å². The molecule has 0 atom stereocenters. The van der Waals surface area contributed by atoms with E-state index in [0.717, 1.165) is 27.3 Å². The molecule has 1 aromatic heterocycles. The van der Waals surface area contributed by atoms with E-state index in [1.54, 1.807) is 0 Å². The quantitative estimate of drug-likeness (QED) is 0.470. The van der Waals surface area contributed by atoms with Crippen molar-refractivity contribution in [1.82, 2.24) is 9.13 Å². The lowest BCUT2D eigenvalue weighted by atomic mass is 10.2. The SMILES string of the molecule is COc1ccc(NC(=O)c2c(O)n(C)c(=S)n(C)c2=O)cc1Oc1ccc(C(F)(F)F)cc1Cl. The number of amides is 1. The van der Waals surface area contributed by atoms with Gasteiger partial charge in [-0.05, 0) is 42.5 Å². The lowest BCUT2D eigenvalue weighted by Crippen LogP contribution is -2.30. The van der Waals surface area contributed by atoms with Crippen molar-refractivity contribution in [2.45, 2.75) is 6.18 Å². The van der Waals surface area contributed by atoms with Crippen molar-refractivity contribution in [3.8, 4) is 23.1 Å².